The van der Waals surface area contributed by atoms with Gasteiger partial charge in [-0.25, -0.2) is 4.39 Å². The number of aliphatic hydroxyl groups excluding tert-OH is 4. The minimum atomic E-state index is -1.44. The molecule has 4 rings (SSSR count). The summed E-state index contributed by atoms with van der Waals surface area (Å²) in [6, 6.07) is 12.7. The number of benzene rings is 2. The number of rotatable bonds is 9. The van der Waals surface area contributed by atoms with Crippen LogP contribution in [0.3, 0.4) is 0 Å². The molecular formula is C25H30ClFO7. The van der Waals surface area contributed by atoms with Crippen LogP contribution in [-0.2, 0) is 15.9 Å². The summed E-state index contributed by atoms with van der Waals surface area (Å²) in [5.74, 6) is 0.697. The third-order valence-corrected chi connectivity index (χ3v) is 6.74. The molecule has 34 heavy (non-hydrogen) atoms. The van der Waals surface area contributed by atoms with Crippen LogP contribution in [0.4, 0.5) is 4.39 Å². The molecule has 2 aromatic rings. The minimum absolute atomic E-state index is 0.168. The van der Waals surface area contributed by atoms with E-state index in [0.29, 0.717) is 42.2 Å². The molecule has 2 aliphatic rings. The molecule has 2 fully saturated rings. The number of aliphatic hydroxyl groups is 4. The molecule has 0 radical (unpaired) electrons. The van der Waals surface area contributed by atoms with Crippen LogP contribution in [0.15, 0.2) is 42.5 Å². The van der Waals surface area contributed by atoms with Gasteiger partial charge in [0.15, 0.2) is 5.67 Å². The maximum atomic E-state index is 13.9. The van der Waals surface area contributed by atoms with Gasteiger partial charge >= 0.3 is 0 Å². The van der Waals surface area contributed by atoms with Crippen LogP contribution in [0.2, 0.25) is 5.02 Å². The number of hydrogen-bond donors (Lipinski definition) is 4. The average molecular weight is 497 g/mol. The fraction of sp³-hybridized carbons (Fsp3) is 0.520. The Labute approximate surface area is 202 Å². The topological polar surface area (TPSA) is 109 Å². The number of ether oxygens (including phenoxy) is 3. The lowest BCUT2D eigenvalue weighted by Crippen LogP contribution is -2.55. The molecule has 0 bridgehead atoms. The van der Waals surface area contributed by atoms with E-state index in [1.54, 1.807) is 18.2 Å². The number of alkyl halides is 1. The van der Waals surface area contributed by atoms with Crippen LogP contribution < -0.4 is 4.74 Å². The second-order valence-electron chi connectivity index (χ2n) is 9.02. The predicted molar refractivity (Wildman–Crippen MR) is 123 cm³/mol. The van der Waals surface area contributed by atoms with Crippen molar-refractivity contribution in [2.45, 2.75) is 55.5 Å². The monoisotopic (exact) mass is 496 g/mol. The van der Waals surface area contributed by atoms with Crippen molar-refractivity contribution in [1.29, 1.82) is 0 Å². The van der Waals surface area contributed by atoms with E-state index in [1.807, 2.05) is 24.3 Å². The van der Waals surface area contributed by atoms with E-state index in [2.05, 4.69) is 0 Å². The zero-order chi connectivity index (χ0) is 24.3. The summed E-state index contributed by atoms with van der Waals surface area (Å²) in [6.07, 6.45) is -4.56. The predicted octanol–water partition coefficient (Wildman–Crippen LogP) is 2.34. The second-order valence-corrected chi connectivity index (χ2v) is 9.42. The van der Waals surface area contributed by atoms with Crippen molar-refractivity contribution in [3.05, 3.63) is 64.2 Å². The lowest BCUT2D eigenvalue weighted by molar-refractivity contribution is -0.231. The van der Waals surface area contributed by atoms with E-state index in [9.17, 15) is 24.8 Å². The smallest absolute Gasteiger partial charge is 0.157 e. The fourth-order valence-corrected chi connectivity index (χ4v) is 4.44. The molecule has 0 saturated carbocycles. The molecule has 2 saturated heterocycles. The molecule has 2 heterocycles. The van der Waals surface area contributed by atoms with E-state index in [1.165, 1.54) is 0 Å². The van der Waals surface area contributed by atoms with Crippen LogP contribution in [0, 0.1) is 0 Å². The molecular weight excluding hydrogens is 467 g/mol. The van der Waals surface area contributed by atoms with Gasteiger partial charge in [0, 0.05) is 5.02 Å². The van der Waals surface area contributed by atoms with E-state index in [0.717, 1.165) is 11.1 Å². The molecule has 7 nitrogen and oxygen atoms in total. The van der Waals surface area contributed by atoms with E-state index < -0.39 is 42.8 Å². The summed E-state index contributed by atoms with van der Waals surface area (Å²) in [5, 5.41) is 40.5. The quantitative estimate of drug-likeness (QED) is 0.395. The highest BCUT2D eigenvalue weighted by molar-refractivity contribution is 6.31. The average Bonchev–Trinajstić information content (AvgIpc) is 2.82. The summed E-state index contributed by atoms with van der Waals surface area (Å²) < 4.78 is 30.2. The molecule has 0 unspecified atom stereocenters. The standard InChI is InChI=1S/C25H30ClFO7/c26-19-7-4-16(24-23(31)22(30)21(29)20(12-28)34-24)11-17(19)10-15-2-5-18(6-3-15)33-9-1-8-25(27)13-32-14-25/h2-7,11,20-24,28-31H,1,8-10,12-14H2/t20-,21-,22+,23-,24+/m1/s1. The molecule has 5 atom stereocenters. The maximum Gasteiger partial charge on any atom is 0.157 e. The molecule has 2 aliphatic heterocycles. The lowest BCUT2D eigenvalue weighted by Gasteiger charge is -2.40. The summed E-state index contributed by atoms with van der Waals surface area (Å²) in [5.41, 5.74) is 1.16. The third kappa shape index (κ3) is 5.71. The van der Waals surface area contributed by atoms with Crippen LogP contribution in [0.5, 0.6) is 5.75 Å². The highest BCUT2D eigenvalue weighted by Crippen LogP contribution is 2.34. The van der Waals surface area contributed by atoms with Crippen LogP contribution in [0.1, 0.15) is 35.6 Å². The summed E-state index contributed by atoms with van der Waals surface area (Å²) in [4.78, 5) is 0. The molecule has 2 aromatic carbocycles. The molecule has 0 amide bonds. The molecule has 9 heteroatoms. The van der Waals surface area contributed by atoms with Crippen molar-refractivity contribution in [3.63, 3.8) is 0 Å². The molecule has 186 valence electrons. The van der Waals surface area contributed by atoms with Crippen LogP contribution in [0.25, 0.3) is 0 Å². The Balaban J connectivity index is 1.37. The Morgan fingerprint density at radius 3 is 2.41 bits per heavy atom. The Morgan fingerprint density at radius 1 is 1.03 bits per heavy atom. The number of hydrogen-bond acceptors (Lipinski definition) is 7. The number of halogens is 2. The normalized spacial score (nSPS) is 28.4. The van der Waals surface area contributed by atoms with Crippen molar-refractivity contribution in [2.24, 2.45) is 0 Å². The first-order valence-corrected chi connectivity index (χ1v) is 11.7. The van der Waals surface area contributed by atoms with Crippen molar-refractivity contribution < 1.29 is 39.0 Å². The van der Waals surface area contributed by atoms with Gasteiger partial charge in [0.1, 0.15) is 36.3 Å². The first kappa shape index (κ1) is 25.3. The SMILES string of the molecule is OC[C@H]1O[C@@H](c2ccc(Cl)c(Cc3ccc(OCCCC4(F)COC4)cc3)c2)[C@H](O)[C@@H](O)[C@@H]1O. The molecule has 0 spiro atoms. The van der Waals surface area contributed by atoms with Gasteiger partial charge in [0.25, 0.3) is 0 Å². The highest BCUT2D eigenvalue weighted by atomic mass is 35.5. The minimum Gasteiger partial charge on any atom is -0.494 e. The molecule has 0 aromatic heterocycles. The van der Waals surface area contributed by atoms with E-state index >= 15 is 0 Å². The van der Waals surface area contributed by atoms with Gasteiger partial charge in [-0.2, -0.15) is 0 Å². The first-order chi connectivity index (χ1) is 16.3. The summed E-state index contributed by atoms with van der Waals surface area (Å²) in [6.45, 7) is 0.279. The van der Waals surface area contributed by atoms with Crippen molar-refractivity contribution in [2.75, 3.05) is 26.4 Å². The Bertz CT molecular complexity index is 951. The summed E-state index contributed by atoms with van der Waals surface area (Å²) >= 11 is 6.40. The first-order valence-electron chi connectivity index (χ1n) is 11.4. The molecule has 0 aliphatic carbocycles. The highest BCUT2D eigenvalue weighted by Gasteiger charge is 2.44. The maximum absolute atomic E-state index is 13.9. The molecule has 4 N–H and O–H groups in total. The zero-order valence-electron chi connectivity index (χ0n) is 18.6. The zero-order valence-corrected chi connectivity index (χ0v) is 19.4. The van der Waals surface area contributed by atoms with Gasteiger partial charge in [-0.15, -0.1) is 0 Å². The Morgan fingerprint density at radius 2 is 1.76 bits per heavy atom. The van der Waals surface area contributed by atoms with E-state index in [4.69, 9.17) is 25.8 Å². The lowest BCUT2D eigenvalue weighted by atomic mass is 9.90. The van der Waals surface area contributed by atoms with Crippen LogP contribution in [-0.4, -0.2) is 76.9 Å². The van der Waals surface area contributed by atoms with Gasteiger partial charge in [-0.3, -0.25) is 0 Å². The van der Waals surface area contributed by atoms with Crippen molar-refractivity contribution >= 4 is 11.6 Å². The van der Waals surface area contributed by atoms with Gasteiger partial charge < -0.3 is 34.6 Å². The Hall–Kier alpha value is -1.78. The van der Waals surface area contributed by atoms with Gasteiger partial charge in [-0.1, -0.05) is 35.9 Å². The Kier molecular flexibility index (Phi) is 8.09. The van der Waals surface area contributed by atoms with E-state index in [-0.39, 0.29) is 13.2 Å². The third-order valence-electron chi connectivity index (χ3n) is 6.37. The summed E-state index contributed by atoms with van der Waals surface area (Å²) in [7, 11) is 0. The largest absolute Gasteiger partial charge is 0.494 e. The van der Waals surface area contributed by atoms with Crippen molar-refractivity contribution in [3.8, 4) is 5.75 Å². The van der Waals surface area contributed by atoms with Crippen molar-refractivity contribution in [1.82, 2.24) is 0 Å². The van der Waals surface area contributed by atoms with Gasteiger partial charge in [-0.05, 0) is 54.2 Å². The second kappa shape index (κ2) is 10.9. The van der Waals surface area contributed by atoms with Gasteiger partial charge in [0.05, 0.1) is 26.4 Å². The van der Waals surface area contributed by atoms with Gasteiger partial charge in [0.2, 0.25) is 0 Å². The fourth-order valence-electron chi connectivity index (χ4n) is 4.25. The van der Waals surface area contributed by atoms with Crippen LogP contribution >= 0.6 is 11.6 Å².